The van der Waals surface area contributed by atoms with Crippen LogP contribution in [0.25, 0.3) is 11.7 Å². The Labute approximate surface area is 137 Å². The predicted octanol–water partition coefficient (Wildman–Crippen LogP) is 4.29. The molecule has 0 atom stereocenters. The summed E-state index contributed by atoms with van der Waals surface area (Å²) in [4.78, 5) is 16.2. The van der Waals surface area contributed by atoms with Crippen molar-refractivity contribution in [1.82, 2.24) is 9.38 Å². The molecule has 3 rings (SSSR count). The number of hydrogen-bond acceptors (Lipinski definition) is 2. The molecule has 2 aromatic heterocycles. The van der Waals surface area contributed by atoms with Gasteiger partial charge in [0.05, 0.1) is 16.4 Å². The van der Waals surface area contributed by atoms with Gasteiger partial charge in [-0.15, -0.1) is 0 Å². The van der Waals surface area contributed by atoms with Crippen molar-refractivity contribution in [2.24, 2.45) is 0 Å². The number of halogens is 2. The topological polar surface area (TPSA) is 46.4 Å². The maximum absolute atomic E-state index is 12.0. The molecule has 0 radical (unpaired) electrons. The van der Waals surface area contributed by atoms with Crippen LogP contribution in [0, 0.1) is 0 Å². The molecular formula is C16H11Cl2N3O. The number of carbonyl (C=O) groups excluding carboxylic acids is 1. The van der Waals surface area contributed by atoms with E-state index in [0.717, 1.165) is 5.65 Å². The Morgan fingerprint density at radius 3 is 2.73 bits per heavy atom. The molecule has 6 heteroatoms. The Morgan fingerprint density at radius 1 is 1.14 bits per heavy atom. The highest BCUT2D eigenvalue weighted by molar-refractivity contribution is 6.34. The number of carbonyl (C=O) groups is 1. The van der Waals surface area contributed by atoms with E-state index in [-0.39, 0.29) is 5.91 Å². The lowest BCUT2D eigenvalue weighted by molar-refractivity contribution is -0.111. The normalized spacial score (nSPS) is 11.2. The van der Waals surface area contributed by atoms with Gasteiger partial charge in [-0.05, 0) is 30.3 Å². The van der Waals surface area contributed by atoms with Gasteiger partial charge in [-0.2, -0.15) is 0 Å². The molecule has 0 spiro atoms. The van der Waals surface area contributed by atoms with Gasteiger partial charge in [-0.3, -0.25) is 9.20 Å². The van der Waals surface area contributed by atoms with Crippen molar-refractivity contribution >= 4 is 46.5 Å². The van der Waals surface area contributed by atoms with Crippen LogP contribution in [0.1, 0.15) is 5.69 Å². The maximum Gasteiger partial charge on any atom is 0.248 e. The number of nitrogens with zero attached hydrogens (tertiary/aromatic N) is 2. The minimum Gasteiger partial charge on any atom is -0.321 e. The van der Waals surface area contributed by atoms with Crippen LogP contribution in [0.2, 0.25) is 10.2 Å². The van der Waals surface area contributed by atoms with Gasteiger partial charge in [0.25, 0.3) is 0 Å². The summed E-state index contributed by atoms with van der Waals surface area (Å²) < 4.78 is 1.81. The molecule has 0 aliphatic heterocycles. The minimum absolute atomic E-state index is 0.296. The molecule has 1 amide bonds. The van der Waals surface area contributed by atoms with E-state index in [1.165, 1.54) is 6.08 Å². The smallest absolute Gasteiger partial charge is 0.248 e. The predicted molar refractivity (Wildman–Crippen MR) is 89.3 cm³/mol. The van der Waals surface area contributed by atoms with E-state index >= 15 is 0 Å². The minimum atomic E-state index is -0.296. The van der Waals surface area contributed by atoms with Gasteiger partial charge in [-0.1, -0.05) is 41.4 Å². The molecule has 110 valence electrons. The summed E-state index contributed by atoms with van der Waals surface area (Å²) in [6, 6.07) is 12.6. The summed E-state index contributed by atoms with van der Waals surface area (Å²) in [5, 5.41) is 3.53. The van der Waals surface area contributed by atoms with Gasteiger partial charge in [0.1, 0.15) is 5.65 Å². The van der Waals surface area contributed by atoms with Crippen molar-refractivity contribution in [2.75, 3.05) is 5.32 Å². The number of rotatable bonds is 3. The zero-order valence-electron chi connectivity index (χ0n) is 11.3. The van der Waals surface area contributed by atoms with E-state index in [9.17, 15) is 4.79 Å². The largest absolute Gasteiger partial charge is 0.321 e. The molecule has 0 aliphatic rings. The first-order chi connectivity index (χ1) is 10.6. The van der Waals surface area contributed by atoms with Crippen molar-refractivity contribution in [3.05, 3.63) is 70.6 Å². The summed E-state index contributed by atoms with van der Waals surface area (Å²) >= 11 is 12.1. The molecule has 22 heavy (non-hydrogen) atoms. The van der Waals surface area contributed by atoms with E-state index < -0.39 is 0 Å². The zero-order valence-corrected chi connectivity index (χ0v) is 12.8. The van der Waals surface area contributed by atoms with Crippen molar-refractivity contribution in [1.29, 1.82) is 0 Å². The molecule has 0 bridgehead atoms. The summed E-state index contributed by atoms with van der Waals surface area (Å²) in [7, 11) is 0. The first-order valence-corrected chi connectivity index (χ1v) is 7.27. The van der Waals surface area contributed by atoms with Gasteiger partial charge in [0.15, 0.2) is 5.15 Å². The molecule has 4 nitrogen and oxygen atoms in total. The highest BCUT2D eigenvalue weighted by atomic mass is 35.5. The maximum atomic E-state index is 12.0. The third kappa shape index (κ3) is 2.98. The van der Waals surface area contributed by atoms with E-state index in [2.05, 4.69) is 10.3 Å². The first kappa shape index (κ1) is 14.6. The number of benzene rings is 1. The highest BCUT2D eigenvalue weighted by Crippen LogP contribution is 2.21. The number of pyridine rings is 1. The second-order valence-electron chi connectivity index (χ2n) is 4.52. The van der Waals surface area contributed by atoms with E-state index in [1.54, 1.807) is 30.3 Å². The zero-order chi connectivity index (χ0) is 15.5. The van der Waals surface area contributed by atoms with Crippen LogP contribution in [0.4, 0.5) is 5.69 Å². The molecular weight excluding hydrogens is 321 g/mol. The standard InChI is InChI=1S/C16H11Cl2N3O/c17-11-5-1-2-6-12(11)19-15(22)9-8-13-16(18)20-14-7-3-4-10-21(13)14/h1-10H,(H,19,22). The summed E-state index contributed by atoms with van der Waals surface area (Å²) in [5.74, 6) is -0.296. The summed E-state index contributed by atoms with van der Waals surface area (Å²) in [5.41, 5.74) is 1.92. The Bertz CT molecular complexity index is 871. The Balaban J connectivity index is 1.82. The first-order valence-electron chi connectivity index (χ1n) is 6.51. The van der Waals surface area contributed by atoms with Crippen LogP contribution < -0.4 is 5.32 Å². The van der Waals surface area contributed by atoms with Crippen LogP contribution in [-0.2, 0) is 4.79 Å². The number of aromatic nitrogens is 2. The van der Waals surface area contributed by atoms with E-state index in [1.807, 2.05) is 28.8 Å². The lowest BCUT2D eigenvalue weighted by Gasteiger charge is -2.03. The SMILES string of the molecule is O=C(C=Cc1c(Cl)nc2ccccn12)Nc1ccccc1Cl. The van der Waals surface area contributed by atoms with E-state index in [0.29, 0.717) is 21.6 Å². The average molecular weight is 332 g/mol. The number of para-hydroxylation sites is 1. The fraction of sp³-hybridized carbons (Fsp3) is 0. The highest BCUT2D eigenvalue weighted by Gasteiger charge is 2.07. The molecule has 1 aromatic carbocycles. The second kappa shape index (κ2) is 6.22. The van der Waals surface area contributed by atoms with Crippen molar-refractivity contribution < 1.29 is 4.79 Å². The van der Waals surface area contributed by atoms with Crippen LogP contribution in [-0.4, -0.2) is 15.3 Å². The van der Waals surface area contributed by atoms with Crippen LogP contribution >= 0.6 is 23.2 Å². The average Bonchev–Trinajstić information content (AvgIpc) is 2.83. The molecule has 0 unspecified atom stereocenters. The Hall–Kier alpha value is -2.30. The molecule has 1 N–H and O–H groups in total. The van der Waals surface area contributed by atoms with Crippen LogP contribution in [0.3, 0.4) is 0 Å². The molecule has 3 aromatic rings. The molecule has 0 fully saturated rings. The van der Waals surface area contributed by atoms with Crippen LogP contribution in [0.15, 0.2) is 54.7 Å². The fourth-order valence-electron chi connectivity index (χ4n) is 2.03. The van der Waals surface area contributed by atoms with Crippen LogP contribution in [0.5, 0.6) is 0 Å². The quantitative estimate of drug-likeness (QED) is 0.727. The second-order valence-corrected chi connectivity index (χ2v) is 5.28. The van der Waals surface area contributed by atoms with Crippen molar-refractivity contribution in [2.45, 2.75) is 0 Å². The third-order valence-electron chi connectivity index (χ3n) is 3.05. The lowest BCUT2D eigenvalue weighted by atomic mass is 10.3. The third-order valence-corrected chi connectivity index (χ3v) is 3.65. The van der Waals surface area contributed by atoms with Gasteiger partial charge in [0, 0.05) is 12.3 Å². The number of nitrogens with one attached hydrogen (secondary N) is 1. The number of imidazole rings is 1. The Morgan fingerprint density at radius 2 is 1.91 bits per heavy atom. The number of hydrogen-bond donors (Lipinski definition) is 1. The van der Waals surface area contributed by atoms with Gasteiger partial charge in [0.2, 0.25) is 5.91 Å². The van der Waals surface area contributed by atoms with Crippen molar-refractivity contribution in [3.8, 4) is 0 Å². The number of fused-ring (bicyclic) bond motifs is 1. The summed E-state index contributed by atoms with van der Waals surface area (Å²) in [6.07, 6.45) is 4.85. The lowest BCUT2D eigenvalue weighted by Crippen LogP contribution is -2.08. The van der Waals surface area contributed by atoms with Crippen molar-refractivity contribution in [3.63, 3.8) is 0 Å². The molecule has 0 aliphatic carbocycles. The number of amides is 1. The number of anilines is 1. The van der Waals surface area contributed by atoms with Gasteiger partial charge in [-0.25, -0.2) is 4.98 Å². The fourth-order valence-corrected chi connectivity index (χ4v) is 2.45. The monoisotopic (exact) mass is 331 g/mol. The van der Waals surface area contributed by atoms with Gasteiger partial charge < -0.3 is 5.32 Å². The Kier molecular flexibility index (Phi) is 4.13. The molecule has 2 heterocycles. The van der Waals surface area contributed by atoms with Gasteiger partial charge >= 0.3 is 0 Å². The van der Waals surface area contributed by atoms with E-state index in [4.69, 9.17) is 23.2 Å². The summed E-state index contributed by atoms with van der Waals surface area (Å²) in [6.45, 7) is 0. The molecule has 0 saturated heterocycles. The molecule has 0 saturated carbocycles.